The van der Waals surface area contributed by atoms with Crippen molar-refractivity contribution in [1.82, 2.24) is 4.57 Å². The second kappa shape index (κ2) is 8.07. The Kier molecular flexibility index (Phi) is 6.12. The summed E-state index contributed by atoms with van der Waals surface area (Å²) >= 11 is 0. The molecule has 8 heteroatoms. The van der Waals surface area contributed by atoms with Crippen LogP contribution in [0, 0.1) is 0 Å². The summed E-state index contributed by atoms with van der Waals surface area (Å²) in [6.45, 7) is 2.32. The van der Waals surface area contributed by atoms with Gasteiger partial charge in [-0.05, 0) is 6.92 Å². The Hall–Kier alpha value is -1.93. The first kappa shape index (κ1) is 17.4. The van der Waals surface area contributed by atoms with Crippen LogP contribution in [0.3, 0.4) is 0 Å². The summed E-state index contributed by atoms with van der Waals surface area (Å²) in [7, 11) is 1.89. The van der Waals surface area contributed by atoms with Crippen molar-refractivity contribution in [1.29, 1.82) is 0 Å². The monoisotopic (exact) mass is 327 g/mol. The van der Waals surface area contributed by atoms with Gasteiger partial charge in [0, 0.05) is 6.42 Å². The zero-order valence-electron chi connectivity index (χ0n) is 13.4. The Balaban J connectivity index is 1.67. The minimum absolute atomic E-state index is 0.0835. The molecule has 0 radical (unpaired) electrons. The fraction of sp³-hybridized carbons (Fsp3) is 0.667. The number of nitrogens with zero attached hydrogens (tertiary/aromatic N) is 2. The molecule has 2 heterocycles. The number of aliphatic hydroxyl groups is 1. The SMILES string of the molecule is C[C@H]1C[C@@H](OC(=O)CC(=O)OCCn2cc[n+](C)c2)[C@@H](CO)O1. The van der Waals surface area contributed by atoms with E-state index in [0.717, 1.165) is 0 Å². The van der Waals surface area contributed by atoms with Gasteiger partial charge in [0.15, 0.2) is 0 Å². The van der Waals surface area contributed by atoms with E-state index >= 15 is 0 Å². The van der Waals surface area contributed by atoms with Crippen LogP contribution in [-0.4, -0.2) is 53.1 Å². The van der Waals surface area contributed by atoms with E-state index in [1.54, 1.807) is 0 Å². The average Bonchev–Trinajstić information content (AvgIpc) is 3.04. The first-order valence-corrected chi connectivity index (χ1v) is 7.60. The zero-order chi connectivity index (χ0) is 16.8. The molecule has 1 N–H and O–H groups in total. The number of aliphatic hydroxyl groups excluding tert-OH is 1. The highest BCUT2D eigenvalue weighted by atomic mass is 16.6. The summed E-state index contributed by atoms with van der Waals surface area (Å²) in [5.41, 5.74) is 0. The van der Waals surface area contributed by atoms with Crippen LogP contribution in [0.1, 0.15) is 19.8 Å². The van der Waals surface area contributed by atoms with E-state index in [1.165, 1.54) is 0 Å². The maximum Gasteiger partial charge on any atom is 0.317 e. The van der Waals surface area contributed by atoms with Crippen molar-refractivity contribution in [2.75, 3.05) is 13.2 Å². The average molecular weight is 327 g/mol. The third kappa shape index (κ3) is 5.33. The first-order chi connectivity index (χ1) is 11.0. The van der Waals surface area contributed by atoms with E-state index in [0.29, 0.717) is 13.0 Å². The predicted octanol–water partition coefficient (Wildman–Crippen LogP) is -0.673. The fourth-order valence-corrected chi connectivity index (χ4v) is 2.48. The highest BCUT2D eigenvalue weighted by molar-refractivity contribution is 5.91. The van der Waals surface area contributed by atoms with E-state index < -0.39 is 30.6 Å². The van der Waals surface area contributed by atoms with Crippen molar-refractivity contribution in [2.24, 2.45) is 7.05 Å². The number of aromatic nitrogens is 2. The Labute approximate surface area is 134 Å². The number of imidazole rings is 1. The van der Waals surface area contributed by atoms with E-state index in [4.69, 9.17) is 19.3 Å². The van der Waals surface area contributed by atoms with Gasteiger partial charge in [0.1, 0.15) is 44.2 Å². The lowest BCUT2D eigenvalue weighted by Gasteiger charge is -2.16. The quantitative estimate of drug-likeness (QED) is 0.406. The Bertz CT molecular complexity index is 544. The topological polar surface area (TPSA) is 90.9 Å². The number of aryl methyl sites for hydroxylation is 1. The Morgan fingerprint density at radius 3 is 2.87 bits per heavy atom. The lowest BCUT2D eigenvalue weighted by atomic mass is 10.1. The molecule has 1 aromatic rings. The van der Waals surface area contributed by atoms with Crippen LogP contribution in [0.25, 0.3) is 0 Å². The molecule has 8 nitrogen and oxygen atoms in total. The van der Waals surface area contributed by atoms with Crippen molar-refractivity contribution < 1.29 is 33.5 Å². The normalized spacial score (nSPS) is 23.7. The molecule has 0 amide bonds. The fourth-order valence-electron chi connectivity index (χ4n) is 2.48. The highest BCUT2D eigenvalue weighted by Gasteiger charge is 2.35. The lowest BCUT2D eigenvalue weighted by molar-refractivity contribution is -0.671. The van der Waals surface area contributed by atoms with Crippen LogP contribution in [0.5, 0.6) is 0 Å². The number of esters is 2. The predicted molar refractivity (Wildman–Crippen MR) is 77.1 cm³/mol. The maximum absolute atomic E-state index is 11.7. The largest absolute Gasteiger partial charge is 0.461 e. The molecule has 1 aliphatic rings. The first-order valence-electron chi connectivity index (χ1n) is 7.60. The third-order valence-corrected chi connectivity index (χ3v) is 3.57. The van der Waals surface area contributed by atoms with Crippen molar-refractivity contribution in [3.8, 4) is 0 Å². The van der Waals surface area contributed by atoms with Crippen molar-refractivity contribution in [2.45, 2.75) is 44.6 Å². The Morgan fingerprint density at radius 1 is 1.43 bits per heavy atom. The second-order valence-corrected chi connectivity index (χ2v) is 5.65. The molecule has 3 atom stereocenters. The molecule has 23 heavy (non-hydrogen) atoms. The summed E-state index contributed by atoms with van der Waals surface area (Å²) in [5, 5.41) is 9.16. The van der Waals surface area contributed by atoms with Crippen molar-refractivity contribution in [3.63, 3.8) is 0 Å². The van der Waals surface area contributed by atoms with Crippen molar-refractivity contribution in [3.05, 3.63) is 18.7 Å². The van der Waals surface area contributed by atoms with Gasteiger partial charge in [0.25, 0.3) is 0 Å². The number of hydrogen-bond acceptors (Lipinski definition) is 6. The van der Waals surface area contributed by atoms with Gasteiger partial charge in [-0.3, -0.25) is 9.59 Å². The molecule has 0 aromatic carbocycles. The molecule has 128 valence electrons. The minimum atomic E-state index is -0.663. The molecular weight excluding hydrogens is 304 g/mol. The lowest BCUT2D eigenvalue weighted by Crippen LogP contribution is -2.31. The van der Waals surface area contributed by atoms with E-state index in [9.17, 15) is 9.59 Å². The van der Waals surface area contributed by atoms with Crippen LogP contribution >= 0.6 is 0 Å². The zero-order valence-corrected chi connectivity index (χ0v) is 13.4. The smallest absolute Gasteiger partial charge is 0.317 e. The van der Waals surface area contributed by atoms with Crippen LogP contribution in [-0.2, 0) is 37.4 Å². The molecule has 2 rings (SSSR count). The third-order valence-electron chi connectivity index (χ3n) is 3.57. The summed E-state index contributed by atoms with van der Waals surface area (Å²) in [6.07, 6.45) is 4.53. The van der Waals surface area contributed by atoms with Gasteiger partial charge in [-0.1, -0.05) is 0 Å². The number of rotatable bonds is 7. The molecule has 1 aliphatic heterocycles. The molecule has 0 saturated carbocycles. The van der Waals surface area contributed by atoms with E-state index in [2.05, 4.69) is 0 Å². The van der Waals surface area contributed by atoms with E-state index in [1.807, 2.05) is 41.8 Å². The standard InChI is InChI=1S/C15H23N2O6/c1-11-7-12(13(9-18)22-11)23-15(20)8-14(19)21-6-5-17-4-3-16(2)10-17/h3-4,10-13,18H,5-9H2,1-2H3/q+1/t11-,12+,13+/m0/s1. The highest BCUT2D eigenvalue weighted by Crippen LogP contribution is 2.23. The maximum atomic E-state index is 11.7. The molecule has 0 bridgehead atoms. The molecule has 1 fully saturated rings. The van der Waals surface area contributed by atoms with Gasteiger partial charge in [0.2, 0.25) is 6.33 Å². The minimum Gasteiger partial charge on any atom is -0.461 e. The van der Waals surface area contributed by atoms with Gasteiger partial charge in [-0.15, -0.1) is 0 Å². The summed E-state index contributed by atoms with van der Waals surface area (Å²) in [6, 6.07) is 0. The summed E-state index contributed by atoms with van der Waals surface area (Å²) < 4.78 is 19.3. The van der Waals surface area contributed by atoms with Gasteiger partial charge in [0.05, 0.1) is 19.8 Å². The molecule has 1 aromatic heterocycles. The van der Waals surface area contributed by atoms with Crippen molar-refractivity contribution >= 4 is 11.9 Å². The van der Waals surface area contributed by atoms with Crippen LogP contribution in [0.15, 0.2) is 18.7 Å². The summed E-state index contributed by atoms with van der Waals surface area (Å²) in [5.74, 6) is -1.29. The number of carbonyl (C=O) groups excluding carboxylic acids is 2. The number of ether oxygens (including phenoxy) is 3. The molecule has 0 spiro atoms. The van der Waals surface area contributed by atoms with Gasteiger partial charge in [-0.25, -0.2) is 9.13 Å². The Morgan fingerprint density at radius 2 is 2.22 bits per heavy atom. The summed E-state index contributed by atoms with van der Waals surface area (Å²) in [4.78, 5) is 23.4. The molecule has 0 unspecified atom stereocenters. The van der Waals surface area contributed by atoms with Crippen LogP contribution < -0.4 is 4.57 Å². The van der Waals surface area contributed by atoms with Gasteiger partial charge >= 0.3 is 11.9 Å². The molecule has 0 aliphatic carbocycles. The van der Waals surface area contributed by atoms with Crippen LogP contribution in [0.4, 0.5) is 0 Å². The molecular formula is C15H23N2O6+. The molecule has 1 saturated heterocycles. The number of hydrogen-bond donors (Lipinski definition) is 1. The number of carbonyl (C=O) groups is 2. The van der Waals surface area contributed by atoms with Gasteiger partial charge < -0.3 is 19.3 Å². The second-order valence-electron chi connectivity index (χ2n) is 5.65. The van der Waals surface area contributed by atoms with Gasteiger partial charge in [-0.2, -0.15) is 0 Å². The van der Waals surface area contributed by atoms with Crippen LogP contribution in [0.2, 0.25) is 0 Å². The van der Waals surface area contributed by atoms with E-state index in [-0.39, 0.29) is 19.3 Å².